The first kappa shape index (κ1) is 16.2. The highest BCUT2D eigenvalue weighted by molar-refractivity contribution is 5.50. The van der Waals surface area contributed by atoms with Crippen molar-refractivity contribution in [3.05, 3.63) is 67.8 Å². The molecule has 0 heterocycles. The van der Waals surface area contributed by atoms with Gasteiger partial charge < -0.3 is 10.2 Å². The minimum atomic E-state index is -0.672. The summed E-state index contributed by atoms with van der Waals surface area (Å²) < 4.78 is 0. The van der Waals surface area contributed by atoms with E-state index in [0.29, 0.717) is 17.5 Å². The molecule has 0 aliphatic rings. The van der Waals surface area contributed by atoms with Gasteiger partial charge in [-0.2, -0.15) is 0 Å². The Morgan fingerprint density at radius 2 is 1.48 bits per heavy atom. The lowest BCUT2D eigenvalue weighted by atomic mass is 9.93. The summed E-state index contributed by atoms with van der Waals surface area (Å²) in [6.07, 6.45) is 0.392. The van der Waals surface area contributed by atoms with Crippen LogP contribution in [0.2, 0.25) is 0 Å². The van der Waals surface area contributed by atoms with Crippen LogP contribution in [0.1, 0.15) is 24.0 Å². The van der Waals surface area contributed by atoms with E-state index in [0.717, 1.165) is 0 Å². The van der Waals surface area contributed by atoms with Crippen LogP contribution in [-0.2, 0) is 6.42 Å². The number of benzene rings is 2. The minimum absolute atomic E-state index is 0.168. The zero-order valence-corrected chi connectivity index (χ0v) is 12.2. The van der Waals surface area contributed by atoms with Gasteiger partial charge in [0.05, 0.1) is 9.85 Å². The molecule has 2 rings (SSSR count). The van der Waals surface area contributed by atoms with Crippen molar-refractivity contribution in [3.8, 4) is 11.5 Å². The quantitative estimate of drug-likeness (QED) is 0.643. The Morgan fingerprint density at radius 3 is 2.04 bits per heavy atom. The van der Waals surface area contributed by atoms with Gasteiger partial charge in [0.1, 0.15) is 0 Å². The zero-order valence-electron chi connectivity index (χ0n) is 12.2. The lowest BCUT2D eigenvalue weighted by Crippen LogP contribution is -2.01. The van der Waals surface area contributed by atoms with E-state index in [1.165, 1.54) is 24.3 Å². The van der Waals surface area contributed by atoms with Crippen LogP contribution in [0.15, 0.2) is 36.4 Å². The molecule has 0 aliphatic carbocycles. The molecule has 2 aromatic rings. The van der Waals surface area contributed by atoms with E-state index in [1.54, 1.807) is 12.1 Å². The number of phenolic OH excluding ortho intramolecular Hbond substituents is 2. The summed E-state index contributed by atoms with van der Waals surface area (Å²) in [7, 11) is 0. The molecule has 120 valence electrons. The van der Waals surface area contributed by atoms with Crippen LogP contribution in [0.5, 0.6) is 11.5 Å². The summed E-state index contributed by atoms with van der Waals surface area (Å²) in [6.45, 7) is 1.81. The van der Waals surface area contributed by atoms with Crippen LogP contribution in [0.3, 0.4) is 0 Å². The Hall–Kier alpha value is -3.16. The number of nitro benzene ring substituents is 2. The molecule has 0 radical (unpaired) electrons. The van der Waals surface area contributed by atoms with E-state index in [-0.39, 0.29) is 17.3 Å². The molecule has 2 aromatic carbocycles. The number of hydrogen-bond donors (Lipinski definition) is 2. The molecule has 8 heteroatoms. The summed E-state index contributed by atoms with van der Waals surface area (Å²) in [5, 5.41) is 40.6. The minimum Gasteiger partial charge on any atom is -0.502 e. The van der Waals surface area contributed by atoms with Gasteiger partial charge in [-0.15, -0.1) is 0 Å². The fourth-order valence-corrected chi connectivity index (χ4v) is 2.31. The number of rotatable bonds is 5. The molecular weight excluding hydrogens is 304 g/mol. The molecule has 0 spiro atoms. The third kappa shape index (κ3) is 3.54. The summed E-state index contributed by atoms with van der Waals surface area (Å²) in [6, 6.07) is 8.20. The van der Waals surface area contributed by atoms with Gasteiger partial charge in [0.15, 0.2) is 11.5 Å². The molecule has 0 bridgehead atoms. The number of aromatic hydroxyl groups is 2. The van der Waals surface area contributed by atoms with E-state index in [9.17, 15) is 30.4 Å². The number of nitro groups is 2. The van der Waals surface area contributed by atoms with Gasteiger partial charge in [0.2, 0.25) is 0 Å². The van der Waals surface area contributed by atoms with Crippen molar-refractivity contribution >= 4 is 11.4 Å². The van der Waals surface area contributed by atoms with Crippen LogP contribution in [0.25, 0.3) is 0 Å². The van der Waals surface area contributed by atoms with Gasteiger partial charge in [-0.3, -0.25) is 20.2 Å². The largest absolute Gasteiger partial charge is 0.502 e. The fourth-order valence-electron chi connectivity index (χ4n) is 2.31. The normalized spacial score (nSPS) is 11.9. The maximum absolute atomic E-state index is 10.9. The molecule has 0 amide bonds. The highest BCUT2D eigenvalue weighted by Gasteiger charge is 2.18. The first-order valence-corrected chi connectivity index (χ1v) is 6.73. The van der Waals surface area contributed by atoms with E-state index >= 15 is 0 Å². The summed E-state index contributed by atoms with van der Waals surface area (Å²) in [5.74, 6) is -0.989. The first-order chi connectivity index (χ1) is 10.8. The van der Waals surface area contributed by atoms with Crippen LogP contribution in [0, 0.1) is 20.2 Å². The summed E-state index contributed by atoms with van der Waals surface area (Å²) >= 11 is 0. The fraction of sp³-hybridized carbons (Fsp3) is 0.200. The summed E-state index contributed by atoms with van der Waals surface area (Å²) in [5.41, 5.74) is 0.486. The topological polar surface area (TPSA) is 127 Å². The second kappa shape index (κ2) is 6.30. The Labute approximate surface area is 130 Å². The average Bonchev–Trinajstić information content (AvgIpc) is 2.49. The van der Waals surface area contributed by atoms with Crippen molar-refractivity contribution < 1.29 is 20.1 Å². The van der Waals surface area contributed by atoms with E-state index in [1.807, 2.05) is 6.92 Å². The Morgan fingerprint density at radius 1 is 0.957 bits per heavy atom. The molecular formula is C15H14N2O6. The maximum Gasteiger partial charge on any atom is 0.310 e. The predicted octanol–water partition coefficient (Wildman–Crippen LogP) is 3.26. The number of hydrogen-bond acceptors (Lipinski definition) is 6. The first-order valence-electron chi connectivity index (χ1n) is 6.73. The smallest absolute Gasteiger partial charge is 0.310 e. The Bertz CT molecular complexity index is 775. The lowest BCUT2D eigenvalue weighted by molar-refractivity contribution is -0.386. The third-order valence-electron chi connectivity index (χ3n) is 3.54. The zero-order chi connectivity index (χ0) is 17.1. The van der Waals surface area contributed by atoms with Gasteiger partial charge in [0, 0.05) is 12.1 Å². The van der Waals surface area contributed by atoms with Gasteiger partial charge in [-0.1, -0.05) is 19.1 Å². The van der Waals surface area contributed by atoms with E-state index < -0.39 is 21.3 Å². The third-order valence-corrected chi connectivity index (χ3v) is 3.54. The van der Waals surface area contributed by atoms with Crippen LogP contribution < -0.4 is 0 Å². The lowest BCUT2D eigenvalue weighted by Gasteiger charge is -2.12. The molecule has 0 aromatic heterocycles. The van der Waals surface area contributed by atoms with Crippen molar-refractivity contribution in [2.24, 2.45) is 0 Å². The van der Waals surface area contributed by atoms with Gasteiger partial charge in [0.25, 0.3) is 0 Å². The second-order valence-electron chi connectivity index (χ2n) is 5.19. The molecule has 2 N–H and O–H groups in total. The molecule has 23 heavy (non-hydrogen) atoms. The maximum atomic E-state index is 10.9. The molecule has 8 nitrogen and oxygen atoms in total. The van der Waals surface area contributed by atoms with Crippen molar-refractivity contribution in [3.63, 3.8) is 0 Å². The molecule has 0 saturated carbocycles. The predicted molar refractivity (Wildman–Crippen MR) is 81.6 cm³/mol. The molecule has 1 unspecified atom stereocenters. The second-order valence-corrected chi connectivity index (χ2v) is 5.19. The number of phenols is 2. The van der Waals surface area contributed by atoms with Crippen LogP contribution in [-0.4, -0.2) is 20.1 Å². The molecule has 0 saturated heterocycles. The SMILES string of the molecule is CC(Cc1ccc(O)c([N+](=O)[O-])c1)c1ccc(O)c([N+](=O)[O-])c1. The number of nitrogens with zero attached hydrogens (tertiary/aromatic N) is 2. The average molecular weight is 318 g/mol. The van der Waals surface area contributed by atoms with Crippen molar-refractivity contribution in [1.82, 2.24) is 0 Å². The highest BCUT2D eigenvalue weighted by atomic mass is 16.6. The highest BCUT2D eigenvalue weighted by Crippen LogP contribution is 2.32. The van der Waals surface area contributed by atoms with Crippen molar-refractivity contribution in [1.29, 1.82) is 0 Å². The van der Waals surface area contributed by atoms with Crippen LogP contribution in [0.4, 0.5) is 11.4 Å². The van der Waals surface area contributed by atoms with Crippen molar-refractivity contribution in [2.45, 2.75) is 19.3 Å². The van der Waals surface area contributed by atoms with Gasteiger partial charge in [-0.25, -0.2) is 0 Å². The van der Waals surface area contributed by atoms with Gasteiger partial charge in [-0.05, 0) is 35.6 Å². The Kier molecular flexibility index (Phi) is 4.44. The molecule has 1 atom stereocenters. The van der Waals surface area contributed by atoms with Crippen molar-refractivity contribution in [2.75, 3.05) is 0 Å². The monoisotopic (exact) mass is 318 g/mol. The van der Waals surface area contributed by atoms with E-state index in [2.05, 4.69) is 0 Å². The van der Waals surface area contributed by atoms with Crippen LogP contribution >= 0.6 is 0 Å². The van der Waals surface area contributed by atoms with Gasteiger partial charge >= 0.3 is 11.4 Å². The summed E-state index contributed by atoms with van der Waals surface area (Å²) in [4.78, 5) is 20.3. The Balaban J connectivity index is 2.27. The molecule has 0 fully saturated rings. The van der Waals surface area contributed by atoms with E-state index in [4.69, 9.17) is 0 Å². The molecule has 0 aliphatic heterocycles. The standard InChI is InChI=1S/C15H14N2O6/c1-9(11-3-5-15(19)13(8-11)17(22)23)6-10-2-4-14(18)12(7-10)16(20)21/h2-5,7-9,18-19H,6H2,1H3.